The minimum atomic E-state index is -1.07. The second-order valence-electron chi connectivity index (χ2n) is 6.16. The Morgan fingerprint density at radius 3 is 2.18 bits per heavy atom. The third kappa shape index (κ3) is 4.62. The third-order valence-corrected chi connectivity index (χ3v) is 4.21. The van der Waals surface area contributed by atoms with E-state index in [-0.39, 0.29) is 18.0 Å². The lowest BCUT2D eigenvalue weighted by molar-refractivity contribution is -0.146. The average molecular weight is 378 g/mol. The maximum absolute atomic E-state index is 13.8. The van der Waals surface area contributed by atoms with Crippen molar-refractivity contribution in [2.24, 2.45) is 0 Å². The summed E-state index contributed by atoms with van der Waals surface area (Å²) >= 11 is 0. The van der Waals surface area contributed by atoms with Gasteiger partial charge in [-0.1, -0.05) is 66.7 Å². The molecule has 0 unspecified atom stereocenters. The maximum Gasteiger partial charge on any atom is 0.311 e. The van der Waals surface area contributed by atoms with E-state index in [1.54, 1.807) is 60.7 Å². The molecule has 3 aromatic carbocycles. The average Bonchev–Trinajstić information content (AvgIpc) is 2.73. The quantitative estimate of drug-likeness (QED) is 0.447. The van der Waals surface area contributed by atoms with Crippen LogP contribution in [0.25, 0.3) is 0 Å². The molecule has 0 aliphatic heterocycles. The molecule has 0 saturated carbocycles. The number of rotatable bonds is 7. The van der Waals surface area contributed by atoms with E-state index in [9.17, 15) is 14.0 Å². The normalized spacial score (nSPS) is 11.5. The van der Waals surface area contributed by atoms with Crippen molar-refractivity contribution in [3.8, 4) is 5.75 Å². The number of Topliss-reactive ketones (excluding diaryl/α,β-unsaturated/α-hetero) is 1. The third-order valence-electron chi connectivity index (χ3n) is 4.21. The van der Waals surface area contributed by atoms with Crippen LogP contribution < -0.4 is 4.74 Å². The molecule has 0 saturated heterocycles. The summed E-state index contributed by atoms with van der Waals surface area (Å²) in [6.07, 6.45) is -1.23. The van der Waals surface area contributed by atoms with E-state index in [0.29, 0.717) is 16.7 Å². The zero-order chi connectivity index (χ0) is 19.9. The lowest BCUT2D eigenvalue weighted by Gasteiger charge is -2.17. The number of ketones is 1. The molecule has 3 rings (SSSR count). The second-order valence-corrected chi connectivity index (χ2v) is 6.16. The zero-order valence-corrected chi connectivity index (χ0v) is 15.3. The van der Waals surface area contributed by atoms with E-state index < -0.39 is 17.9 Å². The molecular formula is C23H19FO4. The van der Waals surface area contributed by atoms with Crippen molar-refractivity contribution in [1.82, 2.24) is 0 Å². The van der Waals surface area contributed by atoms with Crippen LogP contribution in [0.5, 0.6) is 5.75 Å². The van der Waals surface area contributed by atoms with Crippen LogP contribution in [-0.4, -0.2) is 18.9 Å². The van der Waals surface area contributed by atoms with Gasteiger partial charge in [0.05, 0.1) is 13.5 Å². The van der Waals surface area contributed by atoms with E-state index in [1.807, 2.05) is 6.07 Å². The van der Waals surface area contributed by atoms with Gasteiger partial charge in [0.2, 0.25) is 5.78 Å². The molecule has 0 heterocycles. The van der Waals surface area contributed by atoms with Crippen molar-refractivity contribution >= 4 is 11.8 Å². The van der Waals surface area contributed by atoms with E-state index >= 15 is 0 Å². The highest BCUT2D eigenvalue weighted by Gasteiger charge is 2.26. The molecule has 0 spiro atoms. The number of esters is 1. The number of benzene rings is 3. The van der Waals surface area contributed by atoms with Gasteiger partial charge in [0.25, 0.3) is 0 Å². The van der Waals surface area contributed by atoms with Crippen LogP contribution in [0.1, 0.15) is 27.6 Å². The first kappa shape index (κ1) is 19.3. The van der Waals surface area contributed by atoms with Crippen LogP contribution in [0, 0.1) is 5.82 Å². The molecule has 5 heteroatoms. The predicted octanol–water partition coefficient (Wildman–Crippen LogP) is 4.54. The summed E-state index contributed by atoms with van der Waals surface area (Å²) in [5.41, 5.74) is 1.45. The van der Waals surface area contributed by atoms with Gasteiger partial charge in [-0.05, 0) is 17.7 Å². The molecule has 0 N–H and O–H groups in total. The summed E-state index contributed by atoms with van der Waals surface area (Å²) in [7, 11) is 1.37. The fraction of sp³-hybridized carbons (Fsp3) is 0.130. The lowest BCUT2D eigenvalue weighted by Crippen LogP contribution is -2.21. The monoisotopic (exact) mass is 378 g/mol. The molecule has 0 radical (unpaired) electrons. The number of halogens is 1. The van der Waals surface area contributed by atoms with Gasteiger partial charge in [-0.3, -0.25) is 9.59 Å². The van der Waals surface area contributed by atoms with Gasteiger partial charge < -0.3 is 9.47 Å². The van der Waals surface area contributed by atoms with Crippen molar-refractivity contribution in [3.05, 3.63) is 101 Å². The Hall–Kier alpha value is -3.47. The Balaban J connectivity index is 1.80. The van der Waals surface area contributed by atoms with Crippen molar-refractivity contribution < 1.29 is 23.5 Å². The molecule has 1 atom stereocenters. The Bertz CT molecular complexity index is 955. The summed E-state index contributed by atoms with van der Waals surface area (Å²) in [6.45, 7) is 0. The number of hydrogen-bond donors (Lipinski definition) is 0. The Labute approximate surface area is 162 Å². The molecule has 28 heavy (non-hydrogen) atoms. The van der Waals surface area contributed by atoms with E-state index in [1.165, 1.54) is 19.2 Å². The van der Waals surface area contributed by atoms with E-state index in [2.05, 4.69) is 0 Å². The lowest BCUT2D eigenvalue weighted by atomic mass is 10.00. The SMILES string of the molecule is COc1ccc(CC(=O)O[C@@H](C(=O)c2ccccc2)c2ccccc2)cc1F. The molecule has 0 aliphatic carbocycles. The van der Waals surface area contributed by atoms with Gasteiger partial charge in [0, 0.05) is 11.1 Å². The number of hydrogen-bond acceptors (Lipinski definition) is 4. The Morgan fingerprint density at radius 2 is 1.57 bits per heavy atom. The van der Waals surface area contributed by atoms with Crippen molar-refractivity contribution in [2.45, 2.75) is 12.5 Å². The number of carbonyl (C=O) groups is 2. The summed E-state index contributed by atoms with van der Waals surface area (Å²) in [6, 6.07) is 21.7. The summed E-state index contributed by atoms with van der Waals surface area (Å²) in [5, 5.41) is 0. The van der Waals surface area contributed by atoms with Gasteiger partial charge in [-0.2, -0.15) is 0 Å². The fourth-order valence-corrected chi connectivity index (χ4v) is 2.81. The van der Waals surface area contributed by atoms with Crippen LogP contribution in [-0.2, 0) is 16.0 Å². The summed E-state index contributed by atoms with van der Waals surface area (Å²) in [4.78, 5) is 25.4. The largest absolute Gasteiger partial charge is 0.494 e. The first-order chi connectivity index (χ1) is 13.6. The van der Waals surface area contributed by atoms with Gasteiger partial charge in [-0.25, -0.2) is 4.39 Å². The highest BCUT2D eigenvalue weighted by Crippen LogP contribution is 2.24. The molecule has 0 amide bonds. The van der Waals surface area contributed by atoms with Crippen molar-refractivity contribution in [1.29, 1.82) is 0 Å². The van der Waals surface area contributed by atoms with Gasteiger partial charge in [0.15, 0.2) is 17.7 Å². The zero-order valence-electron chi connectivity index (χ0n) is 15.3. The maximum atomic E-state index is 13.8. The Kier molecular flexibility index (Phi) is 6.17. The van der Waals surface area contributed by atoms with Crippen LogP contribution in [0.4, 0.5) is 4.39 Å². The number of carbonyl (C=O) groups excluding carboxylic acids is 2. The molecule has 4 nitrogen and oxygen atoms in total. The summed E-state index contributed by atoms with van der Waals surface area (Å²) < 4.78 is 24.2. The van der Waals surface area contributed by atoms with Crippen LogP contribution >= 0.6 is 0 Å². The van der Waals surface area contributed by atoms with Gasteiger partial charge in [0.1, 0.15) is 0 Å². The first-order valence-electron chi connectivity index (χ1n) is 8.74. The fourth-order valence-electron chi connectivity index (χ4n) is 2.81. The van der Waals surface area contributed by atoms with Crippen molar-refractivity contribution in [2.75, 3.05) is 7.11 Å². The van der Waals surface area contributed by atoms with Crippen LogP contribution in [0.3, 0.4) is 0 Å². The first-order valence-corrected chi connectivity index (χ1v) is 8.74. The minimum absolute atomic E-state index is 0.0959. The number of methoxy groups -OCH3 is 1. The molecule has 0 aliphatic rings. The molecule has 3 aromatic rings. The molecule has 0 bridgehead atoms. The van der Waals surface area contributed by atoms with E-state index in [4.69, 9.17) is 9.47 Å². The smallest absolute Gasteiger partial charge is 0.311 e. The van der Waals surface area contributed by atoms with E-state index in [0.717, 1.165) is 0 Å². The molecular weight excluding hydrogens is 359 g/mol. The van der Waals surface area contributed by atoms with Crippen LogP contribution in [0.2, 0.25) is 0 Å². The predicted molar refractivity (Wildman–Crippen MR) is 103 cm³/mol. The van der Waals surface area contributed by atoms with Crippen molar-refractivity contribution in [3.63, 3.8) is 0 Å². The molecule has 0 fully saturated rings. The highest BCUT2D eigenvalue weighted by atomic mass is 19.1. The standard InChI is InChI=1S/C23H19FO4/c1-27-20-13-12-16(14-19(20)24)15-21(25)28-23(18-10-6-3-7-11-18)22(26)17-8-4-2-5-9-17/h2-14,23H,15H2,1H3/t23-/m1/s1. The second kappa shape index (κ2) is 8.95. The van der Waals surface area contributed by atoms with Gasteiger partial charge in [-0.15, -0.1) is 0 Å². The Morgan fingerprint density at radius 1 is 0.929 bits per heavy atom. The van der Waals surface area contributed by atoms with Gasteiger partial charge >= 0.3 is 5.97 Å². The molecule has 142 valence electrons. The van der Waals surface area contributed by atoms with Crippen LogP contribution in [0.15, 0.2) is 78.9 Å². The minimum Gasteiger partial charge on any atom is -0.494 e. The summed E-state index contributed by atoms with van der Waals surface area (Å²) in [5.74, 6) is -1.41. The number of ether oxygens (including phenoxy) is 2. The topological polar surface area (TPSA) is 52.6 Å². The molecule has 0 aromatic heterocycles. The highest BCUT2D eigenvalue weighted by molar-refractivity contribution is 6.01.